The van der Waals surface area contributed by atoms with Crippen molar-refractivity contribution in [3.8, 4) is 11.5 Å². The smallest absolute Gasteiger partial charge is 0.277 e. The lowest BCUT2D eigenvalue weighted by Crippen LogP contribution is -1.89. The number of rotatable bonds is 4. The van der Waals surface area contributed by atoms with Crippen molar-refractivity contribution in [3.05, 3.63) is 71.7 Å². The maximum Gasteiger partial charge on any atom is 0.277 e. The number of halogens is 1. The monoisotopic (exact) mass is 351 g/mol. The molecule has 6 heteroatoms. The third kappa shape index (κ3) is 3.25. The highest BCUT2D eigenvalue weighted by Crippen LogP contribution is 2.29. The summed E-state index contributed by atoms with van der Waals surface area (Å²) in [5.41, 5.74) is 3.58. The number of benzene rings is 2. The van der Waals surface area contributed by atoms with Crippen LogP contribution in [0.15, 0.2) is 64.4 Å². The molecule has 25 heavy (non-hydrogen) atoms. The maximum atomic E-state index is 13.8. The van der Waals surface area contributed by atoms with Gasteiger partial charge < -0.3 is 4.42 Å². The minimum absolute atomic E-state index is 0.276. The van der Waals surface area contributed by atoms with Gasteiger partial charge in [-0.15, -0.1) is 10.2 Å². The molecule has 0 saturated heterocycles. The van der Waals surface area contributed by atoms with E-state index in [4.69, 9.17) is 4.42 Å². The standard InChI is InChI=1S/C19H14FN3OS/c1-12-5-2-3-7-16(12)18-22-23-19(24-18)25-11-14-10-15(20)9-13-6-4-8-21-17(13)14/h2-10H,11H2,1H3. The van der Waals surface area contributed by atoms with Gasteiger partial charge in [0.15, 0.2) is 0 Å². The molecule has 0 amide bonds. The molecule has 0 atom stereocenters. The number of thioether (sulfide) groups is 1. The van der Waals surface area contributed by atoms with Gasteiger partial charge in [0.2, 0.25) is 5.89 Å². The van der Waals surface area contributed by atoms with Crippen molar-refractivity contribution in [3.63, 3.8) is 0 Å². The second-order valence-electron chi connectivity index (χ2n) is 5.62. The van der Waals surface area contributed by atoms with Gasteiger partial charge in [-0.05, 0) is 42.3 Å². The molecule has 4 nitrogen and oxygen atoms in total. The largest absolute Gasteiger partial charge is 0.411 e. The Hall–Kier alpha value is -2.73. The Kier molecular flexibility index (Phi) is 4.19. The van der Waals surface area contributed by atoms with Gasteiger partial charge in [0.1, 0.15) is 5.82 Å². The lowest BCUT2D eigenvalue weighted by atomic mass is 10.1. The summed E-state index contributed by atoms with van der Waals surface area (Å²) in [6.07, 6.45) is 1.71. The summed E-state index contributed by atoms with van der Waals surface area (Å²) in [5.74, 6) is 0.714. The zero-order valence-electron chi connectivity index (χ0n) is 13.4. The second-order valence-corrected chi connectivity index (χ2v) is 6.54. The van der Waals surface area contributed by atoms with E-state index in [1.807, 2.05) is 37.3 Å². The molecule has 0 fully saturated rings. The van der Waals surface area contributed by atoms with Crippen LogP contribution in [0.5, 0.6) is 0 Å². The first-order chi connectivity index (χ1) is 12.2. The van der Waals surface area contributed by atoms with E-state index in [1.165, 1.54) is 23.9 Å². The van der Waals surface area contributed by atoms with Gasteiger partial charge in [0, 0.05) is 22.9 Å². The molecular weight excluding hydrogens is 337 g/mol. The van der Waals surface area contributed by atoms with Crippen LogP contribution in [0.1, 0.15) is 11.1 Å². The molecule has 2 aromatic carbocycles. The van der Waals surface area contributed by atoms with E-state index in [2.05, 4.69) is 15.2 Å². The predicted octanol–water partition coefficient (Wildman–Crippen LogP) is 5.02. The van der Waals surface area contributed by atoms with Crippen molar-refractivity contribution in [2.24, 2.45) is 0 Å². The van der Waals surface area contributed by atoms with E-state index >= 15 is 0 Å². The Morgan fingerprint density at radius 2 is 1.96 bits per heavy atom. The minimum atomic E-state index is -0.276. The summed E-state index contributed by atoms with van der Waals surface area (Å²) in [4.78, 5) is 4.35. The Morgan fingerprint density at radius 3 is 2.84 bits per heavy atom. The molecule has 0 N–H and O–H groups in total. The highest BCUT2D eigenvalue weighted by Gasteiger charge is 2.12. The van der Waals surface area contributed by atoms with Crippen molar-refractivity contribution in [2.75, 3.05) is 0 Å². The van der Waals surface area contributed by atoms with Crippen LogP contribution < -0.4 is 0 Å². The molecule has 4 rings (SSSR count). The van der Waals surface area contributed by atoms with Crippen LogP contribution in [0, 0.1) is 12.7 Å². The van der Waals surface area contributed by atoms with E-state index < -0.39 is 0 Å². The van der Waals surface area contributed by atoms with Crippen LogP contribution >= 0.6 is 11.8 Å². The van der Waals surface area contributed by atoms with Crippen LogP contribution in [0.25, 0.3) is 22.4 Å². The zero-order chi connectivity index (χ0) is 17.2. The van der Waals surface area contributed by atoms with Gasteiger partial charge in [-0.3, -0.25) is 4.98 Å². The average molecular weight is 351 g/mol. The molecular formula is C19H14FN3OS. The first-order valence-corrected chi connectivity index (χ1v) is 8.75. The van der Waals surface area contributed by atoms with E-state index in [-0.39, 0.29) is 5.82 Å². The fourth-order valence-electron chi connectivity index (χ4n) is 2.67. The van der Waals surface area contributed by atoms with Crippen LogP contribution in [0.2, 0.25) is 0 Å². The predicted molar refractivity (Wildman–Crippen MR) is 95.7 cm³/mol. The number of aromatic nitrogens is 3. The van der Waals surface area contributed by atoms with Gasteiger partial charge in [0.25, 0.3) is 5.22 Å². The summed E-state index contributed by atoms with van der Waals surface area (Å²) >= 11 is 1.37. The molecule has 0 bridgehead atoms. The van der Waals surface area contributed by atoms with Gasteiger partial charge >= 0.3 is 0 Å². The van der Waals surface area contributed by atoms with Gasteiger partial charge in [-0.1, -0.05) is 36.0 Å². The molecule has 2 heterocycles. The third-order valence-corrected chi connectivity index (χ3v) is 4.75. The zero-order valence-corrected chi connectivity index (χ0v) is 14.3. The lowest BCUT2D eigenvalue weighted by Gasteiger charge is -2.04. The normalized spacial score (nSPS) is 11.1. The first-order valence-electron chi connectivity index (χ1n) is 7.76. The second kappa shape index (κ2) is 6.64. The van der Waals surface area contributed by atoms with Crippen LogP contribution in [0.4, 0.5) is 4.39 Å². The van der Waals surface area contributed by atoms with Crippen molar-refractivity contribution in [2.45, 2.75) is 17.9 Å². The Labute approximate surface area is 148 Å². The first kappa shape index (κ1) is 15.8. The van der Waals surface area contributed by atoms with Gasteiger partial charge in [0.05, 0.1) is 5.52 Å². The van der Waals surface area contributed by atoms with E-state index in [0.717, 1.165) is 27.6 Å². The minimum Gasteiger partial charge on any atom is -0.411 e. The molecule has 0 aliphatic heterocycles. The number of hydrogen-bond acceptors (Lipinski definition) is 5. The molecule has 0 radical (unpaired) electrons. The van der Waals surface area contributed by atoms with Crippen LogP contribution in [-0.2, 0) is 5.75 Å². The number of nitrogens with zero attached hydrogens (tertiary/aromatic N) is 3. The molecule has 2 aromatic heterocycles. The molecule has 124 valence electrons. The summed E-state index contributed by atoms with van der Waals surface area (Å²) in [7, 11) is 0. The van der Waals surface area contributed by atoms with Crippen LogP contribution in [-0.4, -0.2) is 15.2 Å². The number of fused-ring (bicyclic) bond motifs is 1. The highest BCUT2D eigenvalue weighted by molar-refractivity contribution is 7.98. The Bertz CT molecular complexity index is 1050. The quantitative estimate of drug-likeness (QED) is 0.483. The summed E-state index contributed by atoms with van der Waals surface area (Å²) in [6.45, 7) is 2.00. The topological polar surface area (TPSA) is 51.8 Å². The number of aryl methyl sites for hydroxylation is 1. The van der Waals surface area contributed by atoms with E-state index in [9.17, 15) is 4.39 Å². The summed E-state index contributed by atoms with van der Waals surface area (Å²) in [6, 6.07) is 14.5. The molecule has 0 aliphatic carbocycles. The van der Waals surface area contributed by atoms with Crippen molar-refractivity contribution in [1.29, 1.82) is 0 Å². The van der Waals surface area contributed by atoms with Crippen molar-refractivity contribution < 1.29 is 8.81 Å². The Morgan fingerprint density at radius 1 is 1.08 bits per heavy atom. The summed E-state index contributed by atoms with van der Waals surface area (Å²) in [5, 5.41) is 9.43. The molecule has 0 unspecified atom stereocenters. The van der Waals surface area contributed by atoms with Crippen molar-refractivity contribution >= 4 is 22.7 Å². The van der Waals surface area contributed by atoms with E-state index in [0.29, 0.717) is 16.9 Å². The number of hydrogen-bond donors (Lipinski definition) is 0. The average Bonchev–Trinajstić information content (AvgIpc) is 3.08. The van der Waals surface area contributed by atoms with Gasteiger partial charge in [-0.2, -0.15) is 0 Å². The molecule has 4 aromatic rings. The van der Waals surface area contributed by atoms with Gasteiger partial charge in [-0.25, -0.2) is 4.39 Å². The lowest BCUT2D eigenvalue weighted by molar-refractivity contribution is 0.465. The van der Waals surface area contributed by atoms with Crippen molar-refractivity contribution in [1.82, 2.24) is 15.2 Å². The van der Waals surface area contributed by atoms with Crippen LogP contribution in [0.3, 0.4) is 0 Å². The van der Waals surface area contributed by atoms with E-state index in [1.54, 1.807) is 12.3 Å². The highest BCUT2D eigenvalue weighted by atomic mass is 32.2. The maximum absolute atomic E-state index is 13.8. The molecule has 0 aliphatic rings. The third-order valence-electron chi connectivity index (χ3n) is 3.88. The Balaban J connectivity index is 1.58. The number of pyridine rings is 1. The molecule has 0 spiro atoms. The fourth-order valence-corrected chi connectivity index (χ4v) is 3.40. The fraction of sp³-hybridized carbons (Fsp3) is 0.105. The molecule has 0 saturated carbocycles. The summed E-state index contributed by atoms with van der Waals surface area (Å²) < 4.78 is 19.5. The SMILES string of the molecule is Cc1ccccc1-c1nnc(SCc2cc(F)cc3cccnc23)o1.